The van der Waals surface area contributed by atoms with Gasteiger partial charge in [0.2, 0.25) is 0 Å². The number of likely N-dealkylation sites (N-methyl/N-ethyl adjacent to an activating group) is 1. The van der Waals surface area contributed by atoms with Crippen molar-refractivity contribution < 1.29 is 15.0 Å². The lowest BCUT2D eigenvalue weighted by Gasteiger charge is -2.19. The highest BCUT2D eigenvalue weighted by Gasteiger charge is 2.71. The maximum atomic E-state index is 12.9. The fraction of sp³-hybridized carbons (Fsp3) is 0.476. The molecule has 2 fully saturated rings. The highest BCUT2D eigenvalue weighted by molar-refractivity contribution is 5.92. The van der Waals surface area contributed by atoms with Crippen LogP contribution in [-0.4, -0.2) is 81.8 Å². The minimum absolute atomic E-state index is 0.0806. The van der Waals surface area contributed by atoms with E-state index in [2.05, 4.69) is 27.0 Å². The lowest BCUT2D eigenvalue weighted by Crippen LogP contribution is -2.31. The van der Waals surface area contributed by atoms with Gasteiger partial charge in [-0.25, -0.2) is 4.98 Å². The van der Waals surface area contributed by atoms with E-state index in [0.29, 0.717) is 13.1 Å². The summed E-state index contributed by atoms with van der Waals surface area (Å²) in [5.41, 5.74) is 0.547. The van der Waals surface area contributed by atoms with E-state index in [9.17, 15) is 19.8 Å². The molecule has 0 bridgehead atoms. The van der Waals surface area contributed by atoms with Gasteiger partial charge in [0.1, 0.15) is 5.69 Å². The van der Waals surface area contributed by atoms with Crippen molar-refractivity contribution in [2.75, 3.05) is 39.8 Å². The fourth-order valence-corrected chi connectivity index (χ4v) is 4.94. The van der Waals surface area contributed by atoms with Gasteiger partial charge in [-0.1, -0.05) is 30.3 Å². The molecule has 1 saturated heterocycles. The molecule has 2 aliphatic rings. The van der Waals surface area contributed by atoms with Crippen LogP contribution in [-0.2, 0) is 0 Å². The van der Waals surface area contributed by atoms with E-state index in [1.54, 1.807) is 4.90 Å². The van der Waals surface area contributed by atoms with Crippen LogP contribution in [0.2, 0.25) is 0 Å². The van der Waals surface area contributed by atoms with Crippen LogP contribution >= 0.6 is 0 Å². The van der Waals surface area contributed by atoms with Crippen molar-refractivity contribution in [1.29, 1.82) is 0 Å². The Balaban J connectivity index is 1.59. The van der Waals surface area contributed by atoms with Crippen LogP contribution in [0.1, 0.15) is 22.0 Å². The van der Waals surface area contributed by atoms with E-state index >= 15 is 0 Å². The number of aliphatic hydroxyl groups is 2. The minimum atomic E-state index is -0.646. The number of carbonyl (C=O) groups is 1. The Morgan fingerprint density at radius 2 is 2.14 bits per heavy atom. The highest BCUT2D eigenvalue weighted by Crippen LogP contribution is 2.69. The molecule has 2 heterocycles. The van der Waals surface area contributed by atoms with Gasteiger partial charge in [0.15, 0.2) is 0 Å². The van der Waals surface area contributed by atoms with Crippen molar-refractivity contribution in [3.8, 4) is 0 Å². The number of rotatable bonds is 6. The summed E-state index contributed by atoms with van der Waals surface area (Å²) in [6.45, 7) is 2.05. The molecule has 3 N–H and O–H groups in total. The van der Waals surface area contributed by atoms with Gasteiger partial charge >= 0.3 is 0 Å². The van der Waals surface area contributed by atoms with E-state index in [4.69, 9.17) is 0 Å². The summed E-state index contributed by atoms with van der Waals surface area (Å²) in [5.74, 6) is 0.0253. The summed E-state index contributed by atoms with van der Waals surface area (Å²) in [5, 5.41) is 20.3. The van der Waals surface area contributed by atoms with E-state index in [0.717, 1.165) is 18.3 Å². The van der Waals surface area contributed by atoms with Crippen LogP contribution in [0.15, 0.2) is 47.5 Å². The molecule has 8 nitrogen and oxygen atoms in total. The standard InChI is InChI=1S/C21H26N4O4/c1-24(7-8-26)11-15-19(14-5-3-2-4-6-14)21(15)13-25(12-17(21)27)20(29)16-9-23-18(28)10-22-16/h2-6,9-10,15,17,19,26-27H,7-8,11-13H2,1H3,(H,23,28)/t15-,17-,19-,21-/m1/s1. The maximum absolute atomic E-state index is 12.9. The quantitative estimate of drug-likeness (QED) is 0.628. The SMILES string of the molecule is CN(CCO)C[C@@H]1[C@@H](c2ccccc2)[C@]12CN(C(=O)c1c[nH]c(=O)cn1)C[C@H]2O. The summed E-state index contributed by atoms with van der Waals surface area (Å²) >= 11 is 0. The predicted molar refractivity (Wildman–Crippen MR) is 106 cm³/mol. The predicted octanol–water partition coefficient (Wildman–Crippen LogP) is -0.0893. The van der Waals surface area contributed by atoms with Gasteiger partial charge in [-0.05, 0) is 24.4 Å². The van der Waals surface area contributed by atoms with Crippen LogP contribution in [0.25, 0.3) is 0 Å². The van der Waals surface area contributed by atoms with Crippen molar-refractivity contribution in [3.63, 3.8) is 0 Å². The molecule has 1 spiro atoms. The second-order valence-corrected chi connectivity index (χ2v) is 8.09. The number of aromatic nitrogens is 2. The molecule has 4 rings (SSSR count). The highest BCUT2D eigenvalue weighted by atomic mass is 16.3. The summed E-state index contributed by atoms with van der Waals surface area (Å²) in [4.78, 5) is 34.2. The zero-order chi connectivity index (χ0) is 20.6. The average Bonchev–Trinajstić information content (AvgIpc) is 3.20. The van der Waals surface area contributed by atoms with Crippen LogP contribution in [0.5, 0.6) is 0 Å². The summed E-state index contributed by atoms with van der Waals surface area (Å²) in [6.07, 6.45) is 1.76. The number of hydrogen-bond donors (Lipinski definition) is 3. The van der Waals surface area contributed by atoms with Gasteiger partial charge in [-0.3, -0.25) is 9.59 Å². The van der Waals surface area contributed by atoms with Crippen molar-refractivity contribution in [1.82, 2.24) is 19.8 Å². The Labute approximate surface area is 168 Å². The Morgan fingerprint density at radius 3 is 2.79 bits per heavy atom. The number of nitrogens with one attached hydrogen (secondary N) is 1. The monoisotopic (exact) mass is 398 g/mol. The third kappa shape index (κ3) is 3.48. The molecule has 29 heavy (non-hydrogen) atoms. The first-order valence-corrected chi connectivity index (χ1v) is 9.84. The topological polar surface area (TPSA) is 110 Å². The Kier molecular flexibility index (Phi) is 5.24. The van der Waals surface area contributed by atoms with Gasteiger partial charge in [0.05, 0.1) is 18.9 Å². The number of benzene rings is 1. The van der Waals surface area contributed by atoms with E-state index in [1.165, 1.54) is 6.20 Å². The van der Waals surface area contributed by atoms with Crippen molar-refractivity contribution in [3.05, 3.63) is 64.3 Å². The van der Waals surface area contributed by atoms with Crippen molar-refractivity contribution >= 4 is 5.91 Å². The normalized spacial score (nSPS) is 28.3. The summed E-state index contributed by atoms with van der Waals surface area (Å²) in [7, 11) is 1.96. The molecular weight excluding hydrogens is 372 g/mol. The van der Waals surface area contributed by atoms with Gasteiger partial charge < -0.3 is 25.0 Å². The fourth-order valence-electron chi connectivity index (χ4n) is 4.94. The number of hydrogen-bond acceptors (Lipinski definition) is 6. The largest absolute Gasteiger partial charge is 0.395 e. The first-order valence-electron chi connectivity index (χ1n) is 9.84. The van der Waals surface area contributed by atoms with Crippen LogP contribution < -0.4 is 5.56 Å². The molecule has 8 heteroatoms. The molecular formula is C21H26N4O4. The van der Waals surface area contributed by atoms with Gasteiger partial charge in [-0.2, -0.15) is 0 Å². The Bertz CT molecular complexity index is 913. The molecule has 1 aliphatic heterocycles. The van der Waals surface area contributed by atoms with Crippen molar-refractivity contribution in [2.24, 2.45) is 11.3 Å². The Hall–Kier alpha value is -2.55. The number of carbonyl (C=O) groups excluding carboxylic acids is 1. The van der Waals surface area contributed by atoms with Crippen molar-refractivity contribution in [2.45, 2.75) is 12.0 Å². The number of aromatic amines is 1. The number of amides is 1. The van der Waals surface area contributed by atoms with E-state index < -0.39 is 11.5 Å². The number of nitrogens with zero attached hydrogens (tertiary/aromatic N) is 3. The zero-order valence-corrected chi connectivity index (χ0v) is 16.4. The average molecular weight is 398 g/mol. The van der Waals surface area contributed by atoms with Crippen LogP contribution in [0.3, 0.4) is 0 Å². The molecule has 1 saturated carbocycles. The molecule has 1 aromatic heterocycles. The zero-order valence-electron chi connectivity index (χ0n) is 16.4. The second-order valence-electron chi connectivity index (χ2n) is 8.09. The van der Waals surface area contributed by atoms with E-state index in [-0.39, 0.29) is 42.1 Å². The van der Waals surface area contributed by atoms with E-state index in [1.807, 2.05) is 25.2 Å². The molecule has 1 aromatic carbocycles. The first-order chi connectivity index (χ1) is 14.0. The second kappa shape index (κ2) is 7.70. The van der Waals surface area contributed by atoms with Crippen LogP contribution in [0, 0.1) is 11.3 Å². The molecule has 4 atom stereocenters. The molecule has 2 aromatic rings. The molecule has 154 valence electrons. The third-order valence-corrected chi connectivity index (χ3v) is 6.37. The summed E-state index contributed by atoms with van der Waals surface area (Å²) in [6, 6.07) is 10.1. The number of H-pyrrole nitrogens is 1. The maximum Gasteiger partial charge on any atom is 0.274 e. The minimum Gasteiger partial charge on any atom is -0.395 e. The number of aliphatic hydroxyl groups excluding tert-OH is 2. The smallest absolute Gasteiger partial charge is 0.274 e. The lowest BCUT2D eigenvalue weighted by molar-refractivity contribution is 0.0757. The molecule has 1 aliphatic carbocycles. The number of β-amino-alcohol motifs (C(OH)–C–C–N with tert-alkyl or cyclic N) is 1. The molecule has 0 unspecified atom stereocenters. The first kappa shape index (κ1) is 19.8. The molecule has 0 radical (unpaired) electrons. The Morgan fingerprint density at radius 1 is 1.38 bits per heavy atom. The third-order valence-electron chi connectivity index (χ3n) is 6.37. The van der Waals surface area contributed by atoms with Gasteiger partial charge in [0, 0.05) is 37.8 Å². The molecule has 1 amide bonds. The van der Waals surface area contributed by atoms with Gasteiger partial charge in [0.25, 0.3) is 11.5 Å². The van der Waals surface area contributed by atoms with Crippen LogP contribution in [0.4, 0.5) is 0 Å². The number of likely N-dealkylation sites (tertiary alicyclic amines) is 1. The summed E-state index contributed by atoms with van der Waals surface area (Å²) < 4.78 is 0. The van der Waals surface area contributed by atoms with Gasteiger partial charge in [-0.15, -0.1) is 0 Å². The lowest BCUT2D eigenvalue weighted by atomic mass is 9.95.